The van der Waals surface area contributed by atoms with Gasteiger partial charge in [0.2, 0.25) is 0 Å². The predicted molar refractivity (Wildman–Crippen MR) is 52.4 cm³/mol. The summed E-state index contributed by atoms with van der Waals surface area (Å²) in [6, 6.07) is 4.02. The van der Waals surface area contributed by atoms with E-state index >= 15 is 0 Å². The predicted octanol–water partition coefficient (Wildman–Crippen LogP) is 2.65. The lowest BCUT2D eigenvalue weighted by Gasteiger charge is -2.03. The van der Waals surface area contributed by atoms with E-state index in [1.165, 1.54) is 19.2 Å². The number of carbonyl (C=O) groups excluding carboxylic acids is 1. The number of hydrogen-bond acceptors (Lipinski definition) is 2. The lowest BCUT2D eigenvalue weighted by molar-refractivity contribution is 0.0600. The van der Waals surface area contributed by atoms with Gasteiger partial charge in [0.25, 0.3) is 0 Å². The molecule has 1 rings (SSSR count). The third-order valence-corrected chi connectivity index (χ3v) is 1.77. The minimum absolute atomic E-state index is 0.241. The van der Waals surface area contributed by atoms with E-state index in [2.05, 4.69) is 4.74 Å². The van der Waals surface area contributed by atoms with Gasteiger partial charge in [-0.3, -0.25) is 0 Å². The average molecular weight is 194 g/mol. The zero-order valence-electron chi connectivity index (χ0n) is 8.08. The van der Waals surface area contributed by atoms with E-state index in [1.54, 1.807) is 18.2 Å². The molecule has 1 aromatic rings. The second kappa shape index (κ2) is 4.56. The first-order valence-electron chi connectivity index (χ1n) is 4.19. The standard InChI is InChI=1S/C11H11FO2/c1-3-4-8-5-6-9(12)7-10(8)11(13)14-2/h3-7H,1-2H3/b4-3+. The van der Waals surface area contributed by atoms with Crippen LogP contribution in [0.3, 0.4) is 0 Å². The van der Waals surface area contributed by atoms with E-state index in [9.17, 15) is 9.18 Å². The molecule has 0 amide bonds. The highest BCUT2D eigenvalue weighted by Crippen LogP contribution is 2.14. The Kier molecular flexibility index (Phi) is 3.40. The molecular formula is C11H11FO2. The van der Waals surface area contributed by atoms with Crippen molar-refractivity contribution < 1.29 is 13.9 Å². The molecule has 0 aliphatic heterocycles. The van der Waals surface area contributed by atoms with E-state index in [-0.39, 0.29) is 5.56 Å². The molecule has 14 heavy (non-hydrogen) atoms. The first-order valence-corrected chi connectivity index (χ1v) is 4.19. The first-order chi connectivity index (χ1) is 6.69. The summed E-state index contributed by atoms with van der Waals surface area (Å²) in [5.74, 6) is -0.976. The van der Waals surface area contributed by atoms with Crippen molar-refractivity contribution in [2.45, 2.75) is 6.92 Å². The minimum atomic E-state index is -0.530. The van der Waals surface area contributed by atoms with E-state index in [0.717, 1.165) is 0 Å². The monoisotopic (exact) mass is 194 g/mol. The third-order valence-electron chi connectivity index (χ3n) is 1.77. The minimum Gasteiger partial charge on any atom is -0.465 e. The van der Waals surface area contributed by atoms with Gasteiger partial charge in [0.1, 0.15) is 5.82 Å². The van der Waals surface area contributed by atoms with E-state index in [4.69, 9.17) is 0 Å². The molecule has 0 heterocycles. The Morgan fingerprint density at radius 2 is 2.21 bits per heavy atom. The normalized spacial score (nSPS) is 10.5. The van der Waals surface area contributed by atoms with Crippen molar-refractivity contribution in [2.75, 3.05) is 7.11 Å². The molecule has 0 saturated carbocycles. The van der Waals surface area contributed by atoms with Crippen molar-refractivity contribution in [1.29, 1.82) is 0 Å². The molecule has 1 aromatic carbocycles. The zero-order valence-corrected chi connectivity index (χ0v) is 8.08. The molecule has 0 fully saturated rings. The molecule has 2 nitrogen and oxygen atoms in total. The average Bonchev–Trinajstić information content (AvgIpc) is 2.20. The van der Waals surface area contributed by atoms with E-state index < -0.39 is 11.8 Å². The topological polar surface area (TPSA) is 26.3 Å². The second-order valence-corrected chi connectivity index (χ2v) is 2.72. The fourth-order valence-electron chi connectivity index (χ4n) is 1.14. The number of halogens is 1. The van der Waals surface area contributed by atoms with Crippen molar-refractivity contribution in [3.05, 3.63) is 41.2 Å². The Balaban J connectivity index is 3.22. The molecule has 3 heteroatoms. The Morgan fingerprint density at radius 1 is 1.50 bits per heavy atom. The van der Waals surface area contributed by atoms with Gasteiger partial charge in [-0.05, 0) is 24.6 Å². The van der Waals surface area contributed by atoms with Crippen LogP contribution in [0.25, 0.3) is 6.08 Å². The number of carbonyl (C=O) groups is 1. The van der Waals surface area contributed by atoms with Crippen LogP contribution in [-0.2, 0) is 4.74 Å². The van der Waals surface area contributed by atoms with Crippen LogP contribution in [0.2, 0.25) is 0 Å². The molecule has 0 bridgehead atoms. The van der Waals surface area contributed by atoms with Gasteiger partial charge in [-0.25, -0.2) is 9.18 Å². The third kappa shape index (κ3) is 2.19. The molecular weight excluding hydrogens is 183 g/mol. The molecule has 0 aromatic heterocycles. The Labute approximate surface area is 82.0 Å². The number of methoxy groups -OCH3 is 1. The number of ether oxygens (including phenoxy) is 1. The highest BCUT2D eigenvalue weighted by molar-refractivity contribution is 5.93. The summed E-state index contributed by atoms with van der Waals surface area (Å²) in [5, 5.41) is 0. The van der Waals surface area contributed by atoms with Gasteiger partial charge in [0.15, 0.2) is 0 Å². The summed E-state index contributed by atoms with van der Waals surface area (Å²) < 4.78 is 17.4. The molecule has 0 aliphatic carbocycles. The number of esters is 1. The van der Waals surface area contributed by atoms with Crippen LogP contribution in [-0.4, -0.2) is 13.1 Å². The molecule has 0 N–H and O–H groups in total. The SMILES string of the molecule is C/C=C/c1ccc(F)cc1C(=O)OC. The smallest absolute Gasteiger partial charge is 0.338 e. The summed E-state index contributed by atoms with van der Waals surface area (Å²) in [4.78, 5) is 11.2. The van der Waals surface area contributed by atoms with Gasteiger partial charge in [0.05, 0.1) is 12.7 Å². The van der Waals surface area contributed by atoms with Gasteiger partial charge in [0, 0.05) is 0 Å². The highest BCUT2D eigenvalue weighted by atomic mass is 19.1. The number of allylic oxidation sites excluding steroid dienone is 1. The molecule has 0 radical (unpaired) electrons. The summed E-state index contributed by atoms with van der Waals surface area (Å²) >= 11 is 0. The van der Waals surface area contributed by atoms with E-state index in [1.807, 2.05) is 6.92 Å². The van der Waals surface area contributed by atoms with Crippen molar-refractivity contribution in [2.24, 2.45) is 0 Å². The summed E-state index contributed by atoms with van der Waals surface area (Å²) in [6.45, 7) is 1.82. The quantitative estimate of drug-likeness (QED) is 0.676. The Hall–Kier alpha value is -1.64. The van der Waals surface area contributed by atoms with Crippen LogP contribution in [0.5, 0.6) is 0 Å². The summed E-state index contributed by atoms with van der Waals surface area (Å²) in [6.07, 6.45) is 3.51. The Morgan fingerprint density at radius 3 is 2.79 bits per heavy atom. The van der Waals surface area contributed by atoms with Crippen LogP contribution >= 0.6 is 0 Å². The lowest BCUT2D eigenvalue weighted by atomic mass is 10.1. The highest BCUT2D eigenvalue weighted by Gasteiger charge is 2.10. The van der Waals surface area contributed by atoms with Crippen molar-refractivity contribution in [3.8, 4) is 0 Å². The molecule has 0 spiro atoms. The number of rotatable bonds is 2. The molecule has 74 valence electrons. The van der Waals surface area contributed by atoms with Crippen molar-refractivity contribution in [1.82, 2.24) is 0 Å². The summed E-state index contributed by atoms with van der Waals surface area (Å²) in [7, 11) is 1.27. The number of benzene rings is 1. The first kappa shape index (κ1) is 10.4. The van der Waals surface area contributed by atoms with Gasteiger partial charge in [-0.2, -0.15) is 0 Å². The van der Waals surface area contributed by atoms with Crippen molar-refractivity contribution >= 4 is 12.0 Å². The van der Waals surface area contributed by atoms with E-state index in [0.29, 0.717) is 5.56 Å². The van der Waals surface area contributed by atoms with Crippen molar-refractivity contribution in [3.63, 3.8) is 0 Å². The maximum absolute atomic E-state index is 12.9. The van der Waals surface area contributed by atoms with Crippen LogP contribution in [0, 0.1) is 5.82 Å². The largest absolute Gasteiger partial charge is 0.465 e. The maximum Gasteiger partial charge on any atom is 0.338 e. The maximum atomic E-state index is 12.9. The second-order valence-electron chi connectivity index (χ2n) is 2.72. The number of hydrogen-bond donors (Lipinski definition) is 0. The van der Waals surface area contributed by atoms with Crippen LogP contribution < -0.4 is 0 Å². The van der Waals surface area contributed by atoms with Gasteiger partial charge >= 0.3 is 5.97 Å². The zero-order chi connectivity index (χ0) is 10.6. The Bertz CT molecular complexity index is 370. The fraction of sp³-hybridized carbons (Fsp3) is 0.182. The fourth-order valence-corrected chi connectivity index (χ4v) is 1.14. The molecule has 0 aliphatic rings. The van der Waals surface area contributed by atoms with Crippen LogP contribution in [0.15, 0.2) is 24.3 Å². The van der Waals surface area contributed by atoms with Gasteiger partial charge in [-0.15, -0.1) is 0 Å². The molecule has 0 unspecified atom stereocenters. The van der Waals surface area contributed by atoms with Crippen LogP contribution in [0.1, 0.15) is 22.8 Å². The molecule has 0 atom stereocenters. The molecule has 0 saturated heterocycles. The van der Waals surface area contributed by atoms with Crippen LogP contribution in [0.4, 0.5) is 4.39 Å². The van der Waals surface area contributed by atoms with Gasteiger partial charge < -0.3 is 4.74 Å². The van der Waals surface area contributed by atoms with Gasteiger partial charge in [-0.1, -0.05) is 18.2 Å². The summed E-state index contributed by atoms with van der Waals surface area (Å²) in [5.41, 5.74) is 0.895. The lowest BCUT2D eigenvalue weighted by Crippen LogP contribution is -2.04.